The van der Waals surface area contributed by atoms with Crippen LogP contribution in [0, 0.1) is 11.8 Å². The van der Waals surface area contributed by atoms with Crippen molar-refractivity contribution in [2.45, 2.75) is 62.9 Å². The van der Waals surface area contributed by atoms with Gasteiger partial charge in [0.05, 0.1) is 11.7 Å². The van der Waals surface area contributed by atoms with E-state index in [1.165, 1.54) is 18.9 Å². The van der Waals surface area contributed by atoms with Crippen molar-refractivity contribution < 1.29 is 23.4 Å². The van der Waals surface area contributed by atoms with Gasteiger partial charge in [-0.05, 0) is 49.8 Å². The monoisotopic (exact) mass is 435 g/mol. The van der Waals surface area contributed by atoms with E-state index in [0.717, 1.165) is 25.0 Å². The van der Waals surface area contributed by atoms with Gasteiger partial charge >= 0.3 is 6.18 Å². The predicted molar refractivity (Wildman–Crippen MR) is 110 cm³/mol. The summed E-state index contributed by atoms with van der Waals surface area (Å²) < 4.78 is 39.2. The number of nitrogens with zero attached hydrogens (tertiary/aromatic N) is 2. The van der Waals surface area contributed by atoms with E-state index in [0.29, 0.717) is 30.1 Å². The number of benzene rings is 1. The molecule has 3 N–H and O–H groups in total. The van der Waals surface area contributed by atoms with Crippen LogP contribution in [0.2, 0.25) is 0 Å². The third kappa shape index (κ3) is 5.07. The van der Waals surface area contributed by atoms with Crippen LogP contribution in [0.25, 0.3) is 11.4 Å². The summed E-state index contributed by atoms with van der Waals surface area (Å²) in [6, 6.07) is 7.26. The lowest BCUT2D eigenvalue weighted by atomic mass is 9.88. The number of nitrogens with one attached hydrogen (secondary N) is 1. The molecule has 4 unspecified atom stereocenters. The largest absolute Gasteiger partial charge is 0.416 e. The zero-order chi connectivity index (χ0) is 22.0. The predicted octanol–water partition coefficient (Wildman–Crippen LogP) is 3.60. The van der Waals surface area contributed by atoms with Gasteiger partial charge in [-0.1, -0.05) is 25.0 Å². The molecule has 0 bridgehead atoms. The molecule has 2 saturated carbocycles. The Balaban J connectivity index is 1.55. The first-order valence-corrected chi connectivity index (χ1v) is 10.9. The minimum atomic E-state index is -4.43. The first-order chi connectivity index (χ1) is 14.8. The fourth-order valence-electron chi connectivity index (χ4n) is 5.06. The van der Waals surface area contributed by atoms with E-state index in [1.807, 2.05) is 0 Å². The SMILES string of the molecule is OCC1C(O)CC(NC2CCCC2)C1Cc1ccnc(-c2cccc(C(F)(F)F)c2)n1. The van der Waals surface area contributed by atoms with Gasteiger partial charge < -0.3 is 15.5 Å². The molecular weight excluding hydrogens is 407 g/mol. The van der Waals surface area contributed by atoms with E-state index in [1.54, 1.807) is 18.3 Å². The normalized spacial score (nSPS) is 27.1. The molecule has 1 heterocycles. The van der Waals surface area contributed by atoms with Gasteiger partial charge in [-0.25, -0.2) is 9.97 Å². The number of aliphatic hydroxyl groups excluding tert-OH is 2. The molecule has 1 aromatic heterocycles. The Hall–Kier alpha value is -2.03. The molecule has 2 aliphatic carbocycles. The number of hydrogen-bond acceptors (Lipinski definition) is 5. The summed E-state index contributed by atoms with van der Waals surface area (Å²) in [5, 5.41) is 24.0. The maximum atomic E-state index is 13.1. The van der Waals surface area contributed by atoms with Gasteiger partial charge in [-0.3, -0.25) is 0 Å². The Kier molecular flexibility index (Phi) is 6.60. The lowest BCUT2D eigenvalue weighted by Crippen LogP contribution is -2.41. The molecule has 0 aliphatic heterocycles. The van der Waals surface area contributed by atoms with E-state index in [-0.39, 0.29) is 30.3 Å². The molecule has 0 amide bonds. The van der Waals surface area contributed by atoms with Crippen LogP contribution >= 0.6 is 0 Å². The first kappa shape index (κ1) is 22.2. The molecule has 8 heteroatoms. The quantitative estimate of drug-likeness (QED) is 0.646. The molecule has 4 rings (SSSR count). The minimum Gasteiger partial charge on any atom is -0.396 e. The van der Waals surface area contributed by atoms with Gasteiger partial charge in [0, 0.05) is 42.1 Å². The zero-order valence-electron chi connectivity index (χ0n) is 17.2. The number of alkyl halides is 3. The summed E-state index contributed by atoms with van der Waals surface area (Å²) >= 11 is 0. The molecule has 5 nitrogen and oxygen atoms in total. The minimum absolute atomic E-state index is 0.00939. The number of aliphatic hydroxyl groups is 2. The van der Waals surface area contributed by atoms with Crippen LogP contribution in [0.3, 0.4) is 0 Å². The molecule has 168 valence electrons. The van der Waals surface area contributed by atoms with Gasteiger partial charge in [-0.2, -0.15) is 13.2 Å². The second kappa shape index (κ2) is 9.22. The summed E-state index contributed by atoms with van der Waals surface area (Å²) in [7, 11) is 0. The van der Waals surface area contributed by atoms with Crippen LogP contribution < -0.4 is 5.32 Å². The number of halogens is 3. The highest BCUT2D eigenvalue weighted by Crippen LogP contribution is 2.36. The van der Waals surface area contributed by atoms with E-state index in [2.05, 4.69) is 15.3 Å². The van der Waals surface area contributed by atoms with Crippen LogP contribution in [0.15, 0.2) is 36.5 Å². The lowest BCUT2D eigenvalue weighted by molar-refractivity contribution is -0.137. The maximum Gasteiger partial charge on any atom is 0.416 e. The van der Waals surface area contributed by atoms with Crippen LogP contribution in [0.4, 0.5) is 13.2 Å². The van der Waals surface area contributed by atoms with E-state index in [4.69, 9.17) is 0 Å². The highest BCUT2D eigenvalue weighted by molar-refractivity contribution is 5.56. The molecule has 1 aromatic carbocycles. The average molecular weight is 435 g/mol. The standard InChI is InChI=1S/C23H28F3N3O2/c24-23(25,26)15-5-3-4-14(10-15)22-27-9-8-17(29-22)11-18-19(13-30)21(31)12-20(18)28-16-6-1-2-7-16/h3-5,8-10,16,18-21,28,30-31H,1-2,6-7,11-13H2. The molecule has 0 radical (unpaired) electrons. The Morgan fingerprint density at radius 1 is 1.10 bits per heavy atom. The second-order valence-electron chi connectivity index (χ2n) is 8.72. The average Bonchev–Trinajstić information content (AvgIpc) is 3.36. The fraction of sp³-hybridized carbons (Fsp3) is 0.565. The van der Waals surface area contributed by atoms with Crippen molar-refractivity contribution in [3.8, 4) is 11.4 Å². The Bertz CT molecular complexity index is 886. The van der Waals surface area contributed by atoms with Crippen molar-refractivity contribution in [3.05, 3.63) is 47.8 Å². The van der Waals surface area contributed by atoms with Crippen molar-refractivity contribution in [2.75, 3.05) is 6.61 Å². The molecule has 0 spiro atoms. The smallest absolute Gasteiger partial charge is 0.396 e. The van der Waals surface area contributed by atoms with Crippen LogP contribution in [-0.2, 0) is 12.6 Å². The number of hydrogen-bond donors (Lipinski definition) is 3. The Labute approximate surface area is 179 Å². The lowest BCUT2D eigenvalue weighted by Gasteiger charge is -2.27. The van der Waals surface area contributed by atoms with Gasteiger partial charge in [0.2, 0.25) is 0 Å². The van der Waals surface area contributed by atoms with E-state index >= 15 is 0 Å². The molecular formula is C23H28F3N3O2. The van der Waals surface area contributed by atoms with Crippen molar-refractivity contribution in [1.82, 2.24) is 15.3 Å². The van der Waals surface area contributed by atoms with Gasteiger partial charge in [0.25, 0.3) is 0 Å². The van der Waals surface area contributed by atoms with Crippen molar-refractivity contribution in [2.24, 2.45) is 11.8 Å². The fourth-order valence-corrected chi connectivity index (χ4v) is 5.06. The molecule has 2 aromatic rings. The molecule has 0 saturated heterocycles. The third-order valence-electron chi connectivity index (χ3n) is 6.68. The van der Waals surface area contributed by atoms with Crippen molar-refractivity contribution in [1.29, 1.82) is 0 Å². The zero-order valence-corrected chi connectivity index (χ0v) is 17.2. The summed E-state index contributed by atoms with van der Waals surface area (Å²) in [5.74, 6) is -0.0290. The highest BCUT2D eigenvalue weighted by atomic mass is 19.4. The number of rotatable bonds is 6. The highest BCUT2D eigenvalue weighted by Gasteiger charge is 2.43. The second-order valence-corrected chi connectivity index (χ2v) is 8.72. The summed E-state index contributed by atoms with van der Waals surface area (Å²) in [6.45, 7) is -0.111. The number of aromatic nitrogens is 2. The van der Waals surface area contributed by atoms with Gasteiger partial charge in [-0.15, -0.1) is 0 Å². The molecule has 2 fully saturated rings. The molecule has 2 aliphatic rings. The van der Waals surface area contributed by atoms with Crippen molar-refractivity contribution in [3.63, 3.8) is 0 Å². The van der Waals surface area contributed by atoms with E-state index < -0.39 is 17.8 Å². The Morgan fingerprint density at radius 2 is 1.87 bits per heavy atom. The summed E-state index contributed by atoms with van der Waals surface area (Å²) in [5.41, 5.74) is 0.264. The Morgan fingerprint density at radius 3 is 2.58 bits per heavy atom. The van der Waals surface area contributed by atoms with Crippen molar-refractivity contribution >= 4 is 0 Å². The van der Waals surface area contributed by atoms with Crippen LogP contribution in [0.1, 0.15) is 43.4 Å². The maximum absolute atomic E-state index is 13.1. The topological polar surface area (TPSA) is 78.3 Å². The van der Waals surface area contributed by atoms with Crippen LogP contribution in [-0.4, -0.2) is 45.0 Å². The van der Waals surface area contributed by atoms with E-state index in [9.17, 15) is 23.4 Å². The molecule has 4 atom stereocenters. The first-order valence-electron chi connectivity index (χ1n) is 10.9. The summed E-state index contributed by atoms with van der Waals surface area (Å²) in [6.07, 6.45) is 2.28. The van der Waals surface area contributed by atoms with Crippen LogP contribution in [0.5, 0.6) is 0 Å². The third-order valence-corrected chi connectivity index (χ3v) is 6.68. The molecule has 31 heavy (non-hydrogen) atoms. The van der Waals surface area contributed by atoms with Gasteiger partial charge in [0.15, 0.2) is 5.82 Å². The van der Waals surface area contributed by atoms with Gasteiger partial charge in [0.1, 0.15) is 0 Å². The summed E-state index contributed by atoms with van der Waals surface area (Å²) in [4.78, 5) is 8.69.